The molecule has 0 aliphatic carbocycles. The van der Waals surface area contributed by atoms with Crippen LogP contribution in [0.1, 0.15) is 6.42 Å². The molecule has 15 heavy (non-hydrogen) atoms. The Morgan fingerprint density at radius 3 is 3.13 bits per heavy atom. The van der Waals surface area contributed by atoms with Crippen molar-refractivity contribution in [2.75, 3.05) is 30.8 Å². The highest BCUT2D eigenvalue weighted by Gasteiger charge is 2.15. The van der Waals surface area contributed by atoms with E-state index >= 15 is 0 Å². The van der Waals surface area contributed by atoms with E-state index in [4.69, 9.17) is 10.5 Å². The van der Waals surface area contributed by atoms with Crippen LogP contribution in [0.4, 0.5) is 15.8 Å². The standard InChI is InChI=1S/C11H15FN2O/c12-9-1-2-10(13)11(5-9)14-6-8-3-4-15-7-8/h1-2,5,8,14H,3-4,6-7,13H2. The Morgan fingerprint density at radius 2 is 2.40 bits per heavy atom. The lowest BCUT2D eigenvalue weighted by molar-refractivity contribution is 0.187. The topological polar surface area (TPSA) is 47.3 Å². The van der Waals surface area contributed by atoms with Crippen molar-refractivity contribution in [3.8, 4) is 0 Å². The van der Waals surface area contributed by atoms with E-state index in [9.17, 15) is 4.39 Å². The van der Waals surface area contributed by atoms with Crippen molar-refractivity contribution in [1.82, 2.24) is 0 Å². The minimum atomic E-state index is -0.269. The normalized spacial score (nSPS) is 20.5. The molecule has 1 heterocycles. The maximum absolute atomic E-state index is 12.9. The molecular weight excluding hydrogens is 195 g/mol. The summed E-state index contributed by atoms with van der Waals surface area (Å²) in [6.07, 6.45) is 1.06. The van der Waals surface area contributed by atoms with Crippen LogP contribution in [0, 0.1) is 11.7 Å². The predicted octanol–water partition coefficient (Wildman–Crippen LogP) is 1.86. The molecule has 2 rings (SSSR count). The number of benzene rings is 1. The van der Waals surface area contributed by atoms with E-state index in [1.807, 2.05) is 0 Å². The molecule has 1 aromatic carbocycles. The second-order valence-electron chi connectivity index (χ2n) is 3.84. The van der Waals surface area contributed by atoms with Crippen molar-refractivity contribution in [2.24, 2.45) is 5.92 Å². The number of halogens is 1. The van der Waals surface area contributed by atoms with Gasteiger partial charge in [-0.25, -0.2) is 4.39 Å². The number of hydrogen-bond donors (Lipinski definition) is 2. The maximum Gasteiger partial charge on any atom is 0.125 e. The maximum atomic E-state index is 12.9. The van der Waals surface area contributed by atoms with E-state index in [-0.39, 0.29) is 5.82 Å². The van der Waals surface area contributed by atoms with Crippen LogP contribution in [-0.2, 0) is 4.74 Å². The van der Waals surface area contributed by atoms with Gasteiger partial charge in [-0.15, -0.1) is 0 Å². The zero-order valence-corrected chi connectivity index (χ0v) is 8.50. The zero-order valence-electron chi connectivity index (χ0n) is 8.50. The molecule has 1 atom stereocenters. The van der Waals surface area contributed by atoms with Crippen molar-refractivity contribution in [3.05, 3.63) is 24.0 Å². The number of anilines is 2. The minimum absolute atomic E-state index is 0.269. The number of nitrogens with one attached hydrogen (secondary N) is 1. The number of ether oxygens (including phenoxy) is 1. The molecule has 1 unspecified atom stereocenters. The van der Waals surface area contributed by atoms with Gasteiger partial charge in [-0.1, -0.05) is 0 Å². The van der Waals surface area contributed by atoms with Gasteiger partial charge >= 0.3 is 0 Å². The monoisotopic (exact) mass is 210 g/mol. The van der Waals surface area contributed by atoms with Crippen molar-refractivity contribution in [3.63, 3.8) is 0 Å². The molecule has 0 saturated carbocycles. The van der Waals surface area contributed by atoms with Gasteiger partial charge < -0.3 is 15.8 Å². The summed E-state index contributed by atoms with van der Waals surface area (Å²) in [4.78, 5) is 0. The fourth-order valence-electron chi connectivity index (χ4n) is 1.68. The molecule has 1 saturated heterocycles. The quantitative estimate of drug-likeness (QED) is 0.748. The molecule has 82 valence electrons. The van der Waals surface area contributed by atoms with Crippen LogP contribution in [0.2, 0.25) is 0 Å². The lowest BCUT2D eigenvalue weighted by Gasteiger charge is -2.12. The zero-order chi connectivity index (χ0) is 10.7. The Kier molecular flexibility index (Phi) is 3.06. The van der Waals surface area contributed by atoms with Crippen molar-refractivity contribution < 1.29 is 9.13 Å². The number of rotatable bonds is 3. The van der Waals surface area contributed by atoms with Crippen LogP contribution in [-0.4, -0.2) is 19.8 Å². The van der Waals surface area contributed by atoms with Crippen LogP contribution >= 0.6 is 0 Å². The molecule has 3 nitrogen and oxygen atoms in total. The molecular formula is C11H15FN2O. The molecule has 0 spiro atoms. The van der Waals surface area contributed by atoms with E-state index in [1.54, 1.807) is 6.07 Å². The third kappa shape index (κ3) is 2.59. The summed E-state index contributed by atoms with van der Waals surface area (Å²) in [5, 5.41) is 3.15. The second kappa shape index (κ2) is 4.49. The first-order valence-corrected chi connectivity index (χ1v) is 5.12. The molecule has 1 aliphatic heterocycles. The summed E-state index contributed by atoms with van der Waals surface area (Å²) in [5.74, 6) is 0.238. The Labute approximate surface area is 88.4 Å². The summed E-state index contributed by atoms with van der Waals surface area (Å²) in [6, 6.07) is 4.35. The van der Waals surface area contributed by atoms with Crippen molar-refractivity contribution in [1.29, 1.82) is 0 Å². The van der Waals surface area contributed by atoms with E-state index in [0.29, 0.717) is 17.3 Å². The smallest absolute Gasteiger partial charge is 0.125 e. The summed E-state index contributed by atoms with van der Waals surface area (Å²) in [5.41, 5.74) is 6.96. The fraction of sp³-hybridized carbons (Fsp3) is 0.455. The van der Waals surface area contributed by atoms with Crippen LogP contribution < -0.4 is 11.1 Å². The van der Waals surface area contributed by atoms with E-state index in [2.05, 4.69) is 5.32 Å². The second-order valence-corrected chi connectivity index (χ2v) is 3.84. The lowest BCUT2D eigenvalue weighted by atomic mass is 10.1. The van der Waals surface area contributed by atoms with Gasteiger partial charge in [0.1, 0.15) is 5.82 Å². The Morgan fingerprint density at radius 1 is 1.53 bits per heavy atom. The van der Waals surface area contributed by atoms with Crippen LogP contribution in [0.3, 0.4) is 0 Å². The number of nitrogen functional groups attached to an aromatic ring is 1. The molecule has 4 heteroatoms. The SMILES string of the molecule is Nc1ccc(F)cc1NCC1CCOC1. The Bertz CT molecular complexity index is 337. The predicted molar refractivity (Wildman–Crippen MR) is 58.2 cm³/mol. The van der Waals surface area contributed by atoms with Crippen molar-refractivity contribution in [2.45, 2.75) is 6.42 Å². The summed E-state index contributed by atoms with van der Waals surface area (Å²) in [7, 11) is 0. The first-order chi connectivity index (χ1) is 7.25. The Hall–Kier alpha value is -1.29. The molecule has 0 radical (unpaired) electrons. The molecule has 1 aliphatic rings. The van der Waals surface area contributed by atoms with Gasteiger partial charge in [-0.05, 0) is 24.6 Å². The highest BCUT2D eigenvalue weighted by atomic mass is 19.1. The average molecular weight is 210 g/mol. The van der Waals surface area contributed by atoms with Gasteiger partial charge in [0.2, 0.25) is 0 Å². The van der Waals surface area contributed by atoms with E-state index in [1.165, 1.54) is 12.1 Å². The van der Waals surface area contributed by atoms with E-state index in [0.717, 1.165) is 26.2 Å². The molecule has 0 aromatic heterocycles. The lowest BCUT2D eigenvalue weighted by Crippen LogP contribution is -2.15. The minimum Gasteiger partial charge on any atom is -0.397 e. The van der Waals surface area contributed by atoms with Crippen molar-refractivity contribution >= 4 is 11.4 Å². The molecule has 1 fully saturated rings. The molecule has 3 N–H and O–H groups in total. The van der Waals surface area contributed by atoms with Crippen LogP contribution in [0.25, 0.3) is 0 Å². The highest BCUT2D eigenvalue weighted by Crippen LogP contribution is 2.21. The fourth-order valence-corrected chi connectivity index (χ4v) is 1.68. The van der Waals surface area contributed by atoms with Crippen LogP contribution in [0.15, 0.2) is 18.2 Å². The molecule has 1 aromatic rings. The van der Waals surface area contributed by atoms with Gasteiger partial charge in [-0.3, -0.25) is 0 Å². The Balaban J connectivity index is 1.94. The van der Waals surface area contributed by atoms with Crippen LogP contribution in [0.5, 0.6) is 0 Å². The van der Waals surface area contributed by atoms with E-state index < -0.39 is 0 Å². The highest BCUT2D eigenvalue weighted by molar-refractivity contribution is 5.65. The third-order valence-corrected chi connectivity index (χ3v) is 2.62. The van der Waals surface area contributed by atoms with Gasteiger partial charge in [0.05, 0.1) is 18.0 Å². The first-order valence-electron chi connectivity index (χ1n) is 5.12. The third-order valence-electron chi connectivity index (χ3n) is 2.62. The molecule has 0 bridgehead atoms. The summed E-state index contributed by atoms with van der Waals surface area (Å²) >= 11 is 0. The number of nitrogens with two attached hydrogens (primary N) is 1. The van der Waals surface area contributed by atoms with Gasteiger partial charge in [0.15, 0.2) is 0 Å². The summed E-state index contributed by atoms with van der Waals surface area (Å²) in [6.45, 7) is 2.39. The molecule has 0 amide bonds. The van der Waals surface area contributed by atoms with Gasteiger partial charge in [-0.2, -0.15) is 0 Å². The van der Waals surface area contributed by atoms with Gasteiger partial charge in [0.25, 0.3) is 0 Å². The average Bonchev–Trinajstić information content (AvgIpc) is 2.72. The van der Waals surface area contributed by atoms with Gasteiger partial charge in [0, 0.05) is 19.1 Å². The number of hydrogen-bond acceptors (Lipinski definition) is 3. The first kappa shape index (κ1) is 10.2. The largest absolute Gasteiger partial charge is 0.397 e. The summed E-state index contributed by atoms with van der Waals surface area (Å²) < 4.78 is 18.2.